The molecule has 17 heavy (non-hydrogen) atoms. The molecular formula is C12H19NO4. The first-order valence-electron chi connectivity index (χ1n) is 5.64. The normalized spacial score (nSPS) is 10.5. The van der Waals surface area contributed by atoms with Gasteiger partial charge in [-0.25, -0.2) is 0 Å². The molecule has 0 saturated carbocycles. The van der Waals surface area contributed by atoms with Crippen LogP contribution in [0.3, 0.4) is 0 Å². The number of carbonyl (C=O) groups excluding carboxylic acids is 1. The number of hydrogen-bond donors (Lipinski definition) is 0. The van der Waals surface area contributed by atoms with E-state index in [1.165, 1.54) is 0 Å². The first-order chi connectivity index (χ1) is 8.27. The lowest BCUT2D eigenvalue weighted by atomic mass is 10.4. The number of carbonyl (C=O) groups is 1. The van der Waals surface area contributed by atoms with Crippen molar-refractivity contribution in [2.45, 2.75) is 13.5 Å². The number of methoxy groups -OCH3 is 1. The number of hydrogen-bond acceptors (Lipinski definition) is 4. The van der Waals surface area contributed by atoms with Gasteiger partial charge in [-0.2, -0.15) is 0 Å². The van der Waals surface area contributed by atoms with Gasteiger partial charge >= 0.3 is 0 Å². The van der Waals surface area contributed by atoms with E-state index in [4.69, 9.17) is 13.9 Å². The minimum Gasteiger partial charge on any atom is -0.467 e. The maximum Gasteiger partial charge on any atom is 0.248 e. The van der Waals surface area contributed by atoms with Crippen molar-refractivity contribution in [3.05, 3.63) is 24.2 Å². The van der Waals surface area contributed by atoms with Crippen molar-refractivity contribution in [3.63, 3.8) is 0 Å². The topological polar surface area (TPSA) is 51.9 Å². The Bertz CT molecular complexity index is 310. The molecule has 0 atom stereocenters. The van der Waals surface area contributed by atoms with Crippen LogP contribution in [0.25, 0.3) is 0 Å². The monoisotopic (exact) mass is 241 g/mol. The summed E-state index contributed by atoms with van der Waals surface area (Å²) in [6.45, 7) is 4.05. The lowest BCUT2D eigenvalue weighted by molar-refractivity contribution is -0.137. The van der Waals surface area contributed by atoms with Crippen LogP contribution in [0.5, 0.6) is 0 Å². The van der Waals surface area contributed by atoms with Gasteiger partial charge in [-0.1, -0.05) is 0 Å². The zero-order chi connectivity index (χ0) is 12.5. The minimum absolute atomic E-state index is 0.0417. The van der Waals surface area contributed by atoms with Crippen LogP contribution >= 0.6 is 0 Å². The molecule has 5 nitrogen and oxygen atoms in total. The standard InChI is InChI=1S/C12H19NO4/c1-3-13(9-11-5-4-6-17-11)12(14)10-16-8-7-15-2/h4-6H,3,7-10H2,1-2H3. The van der Waals surface area contributed by atoms with Crippen LogP contribution in [-0.2, 0) is 20.8 Å². The average Bonchev–Trinajstić information content (AvgIpc) is 2.84. The molecule has 0 aliphatic carbocycles. The lowest BCUT2D eigenvalue weighted by Crippen LogP contribution is -2.33. The van der Waals surface area contributed by atoms with E-state index in [0.717, 1.165) is 5.76 Å². The molecule has 96 valence electrons. The van der Waals surface area contributed by atoms with Crippen molar-refractivity contribution in [1.82, 2.24) is 4.90 Å². The first-order valence-corrected chi connectivity index (χ1v) is 5.64. The predicted octanol–water partition coefficient (Wildman–Crippen LogP) is 1.29. The van der Waals surface area contributed by atoms with Gasteiger partial charge in [0, 0.05) is 13.7 Å². The molecule has 1 aromatic rings. The maximum absolute atomic E-state index is 11.8. The van der Waals surface area contributed by atoms with E-state index in [1.54, 1.807) is 18.3 Å². The smallest absolute Gasteiger partial charge is 0.248 e. The zero-order valence-electron chi connectivity index (χ0n) is 10.3. The minimum atomic E-state index is -0.0417. The second-order valence-electron chi connectivity index (χ2n) is 3.53. The van der Waals surface area contributed by atoms with Gasteiger partial charge in [0.15, 0.2) is 0 Å². The van der Waals surface area contributed by atoms with Crippen molar-refractivity contribution >= 4 is 5.91 Å². The van der Waals surface area contributed by atoms with Crippen LogP contribution in [0.2, 0.25) is 0 Å². The summed E-state index contributed by atoms with van der Waals surface area (Å²) < 4.78 is 15.2. The Kier molecular flexibility index (Phi) is 6.35. The third-order valence-electron chi connectivity index (χ3n) is 2.32. The molecule has 1 aromatic heterocycles. The van der Waals surface area contributed by atoms with E-state index in [1.807, 2.05) is 19.1 Å². The van der Waals surface area contributed by atoms with Gasteiger partial charge in [0.25, 0.3) is 0 Å². The van der Waals surface area contributed by atoms with Crippen LogP contribution in [0.4, 0.5) is 0 Å². The largest absolute Gasteiger partial charge is 0.467 e. The zero-order valence-corrected chi connectivity index (χ0v) is 10.3. The van der Waals surface area contributed by atoms with E-state index in [2.05, 4.69) is 0 Å². The molecule has 0 spiro atoms. The summed E-state index contributed by atoms with van der Waals surface area (Å²) in [5.74, 6) is 0.733. The number of rotatable bonds is 8. The van der Waals surface area contributed by atoms with Gasteiger partial charge in [-0.05, 0) is 19.1 Å². The van der Waals surface area contributed by atoms with Crippen molar-refractivity contribution < 1.29 is 18.7 Å². The molecule has 0 aliphatic heterocycles. The molecule has 0 N–H and O–H groups in total. The van der Waals surface area contributed by atoms with Gasteiger partial charge in [0.05, 0.1) is 26.0 Å². The Balaban J connectivity index is 2.31. The Hall–Kier alpha value is -1.33. The molecule has 0 aromatic carbocycles. The van der Waals surface area contributed by atoms with E-state index < -0.39 is 0 Å². The lowest BCUT2D eigenvalue weighted by Gasteiger charge is -2.19. The number of ether oxygens (including phenoxy) is 2. The molecule has 0 aliphatic rings. The number of likely N-dealkylation sites (N-methyl/N-ethyl adjacent to an activating group) is 1. The molecule has 1 amide bonds. The predicted molar refractivity (Wildman–Crippen MR) is 62.5 cm³/mol. The van der Waals surface area contributed by atoms with Crippen LogP contribution in [-0.4, -0.2) is 44.3 Å². The van der Waals surface area contributed by atoms with Crippen LogP contribution in [0, 0.1) is 0 Å². The van der Waals surface area contributed by atoms with Gasteiger partial charge < -0.3 is 18.8 Å². The number of amides is 1. The quantitative estimate of drug-likeness (QED) is 0.644. The maximum atomic E-state index is 11.8. The molecule has 0 bridgehead atoms. The Morgan fingerprint density at radius 2 is 2.29 bits per heavy atom. The van der Waals surface area contributed by atoms with Gasteiger partial charge in [0.2, 0.25) is 5.91 Å². The Morgan fingerprint density at radius 3 is 2.88 bits per heavy atom. The highest BCUT2D eigenvalue weighted by Crippen LogP contribution is 2.05. The molecule has 0 radical (unpaired) electrons. The number of nitrogens with zero attached hydrogens (tertiary/aromatic N) is 1. The highest BCUT2D eigenvalue weighted by atomic mass is 16.5. The van der Waals surface area contributed by atoms with Crippen molar-refractivity contribution in [3.8, 4) is 0 Å². The molecular weight excluding hydrogens is 222 g/mol. The fourth-order valence-electron chi connectivity index (χ4n) is 1.36. The van der Waals surface area contributed by atoms with E-state index in [-0.39, 0.29) is 12.5 Å². The SMILES string of the molecule is CCN(Cc1ccco1)C(=O)COCCOC. The van der Waals surface area contributed by atoms with Crippen molar-refractivity contribution in [2.24, 2.45) is 0 Å². The van der Waals surface area contributed by atoms with Crippen molar-refractivity contribution in [2.75, 3.05) is 33.5 Å². The summed E-state index contributed by atoms with van der Waals surface area (Å²) >= 11 is 0. The Labute approximate surface area is 101 Å². The second-order valence-corrected chi connectivity index (χ2v) is 3.53. The second kappa shape index (κ2) is 7.86. The van der Waals surface area contributed by atoms with Gasteiger partial charge in [0.1, 0.15) is 12.4 Å². The van der Waals surface area contributed by atoms with E-state index in [9.17, 15) is 4.79 Å². The Morgan fingerprint density at radius 1 is 1.47 bits per heavy atom. The van der Waals surface area contributed by atoms with E-state index in [0.29, 0.717) is 26.3 Å². The highest BCUT2D eigenvalue weighted by molar-refractivity contribution is 5.77. The third-order valence-corrected chi connectivity index (χ3v) is 2.32. The molecule has 0 unspecified atom stereocenters. The molecule has 0 fully saturated rings. The molecule has 0 saturated heterocycles. The molecule has 5 heteroatoms. The summed E-state index contributed by atoms with van der Waals surface area (Å²) in [7, 11) is 1.60. The first kappa shape index (κ1) is 13.7. The fourth-order valence-corrected chi connectivity index (χ4v) is 1.36. The van der Waals surface area contributed by atoms with E-state index >= 15 is 0 Å². The summed E-state index contributed by atoms with van der Waals surface area (Å²) in [6, 6.07) is 3.66. The fraction of sp³-hybridized carbons (Fsp3) is 0.583. The van der Waals surface area contributed by atoms with Crippen LogP contribution in [0.1, 0.15) is 12.7 Å². The molecule has 1 rings (SSSR count). The highest BCUT2D eigenvalue weighted by Gasteiger charge is 2.13. The summed E-state index contributed by atoms with van der Waals surface area (Å²) in [5.41, 5.74) is 0. The average molecular weight is 241 g/mol. The van der Waals surface area contributed by atoms with Gasteiger partial charge in [-0.15, -0.1) is 0 Å². The summed E-state index contributed by atoms with van der Waals surface area (Å²) in [6.07, 6.45) is 1.60. The van der Waals surface area contributed by atoms with Gasteiger partial charge in [-0.3, -0.25) is 4.79 Å². The third kappa shape index (κ3) is 5.01. The van der Waals surface area contributed by atoms with Crippen LogP contribution in [0.15, 0.2) is 22.8 Å². The molecule has 1 heterocycles. The summed E-state index contributed by atoms with van der Waals surface area (Å²) in [5, 5.41) is 0. The number of furan rings is 1. The van der Waals surface area contributed by atoms with Crippen molar-refractivity contribution in [1.29, 1.82) is 0 Å². The summed E-state index contributed by atoms with van der Waals surface area (Å²) in [4.78, 5) is 13.5. The van der Waals surface area contributed by atoms with Crippen LogP contribution < -0.4 is 0 Å².